The van der Waals surface area contributed by atoms with Gasteiger partial charge in [0.2, 0.25) is 0 Å². The van der Waals surface area contributed by atoms with Crippen LogP contribution in [0.25, 0.3) is 0 Å². The van der Waals surface area contributed by atoms with Crippen molar-refractivity contribution in [2.75, 3.05) is 0 Å². The fourth-order valence-electron chi connectivity index (χ4n) is 1.12. The van der Waals surface area contributed by atoms with Crippen molar-refractivity contribution >= 4 is 0 Å². The number of nitrogens with two attached hydrogens (primary N) is 1. The van der Waals surface area contributed by atoms with Crippen molar-refractivity contribution in [1.29, 1.82) is 0 Å². The van der Waals surface area contributed by atoms with Crippen LogP contribution in [-0.4, -0.2) is 6.04 Å². The topological polar surface area (TPSA) is 26.0 Å². The first kappa shape index (κ1) is 11.0. The Bertz CT molecular complexity index is 349. The van der Waals surface area contributed by atoms with Gasteiger partial charge in [0.05, 0.1) is 0 Å². The van der Waals surface area contributed by atoms with Crippen molar-refractivity contribution in [2.45, 2.75) is 19.4 Å². The third-order valence-corrected chi connectivity index (χ3v) is 1.72. The van der Waals surface area contributed by atoms with E-state index in [9.17, 15) is 17.6 Å². The molecule has 14 heavy (non-hydrogen) atoms. The average molecular weight is 207 g/mol. The van der Waals surface area contributed by atoms with Gasteiger partial charge in [0.25, 0.3) is 0 Å². The Hall–Kier alpha value is -1.10. The van der Waals surface area contributed by atoms with E-state index in [2.05, 4.69) is 0 Å². The largest absolute Gasteiger partial charge is 0.328 e. The molecule has 0 bridgehead atoms. The van der Waals surface area contributed by atoms with Crippen molar-refractivity contribution in [3.8, 4) is 0 Å². The molecule has 0 aliphatic carbocycles. The Balaban J connectivity index is 3.19. The number of benzene rings is 1. The molecule has 0 heterocycles. The minimum absolute atomic E-state index is 0.0417. The third kappa shape index (κ3) is 2.04. The predicted molar refractivity (Wildman–Crippen MR) is 43.6 cm³/mol. The van der Waals surface area contributed by atoms with Crippen LogP contribution in [0.15, 0.2) is 6.07 Å². The first-order chi connectivity index (χ1) is 6.43. The Morgan fingerprint density at radius 3 is 2.21 bits per heavy atom. The second-order valence-corrected chi connectivity index (χ2v) is 3.14. The lowest BCUT2D eigenvalue weighted by Gasteiger charge is -2.07. The van der Waals surface area contributed by atoms with E-state index in [1.807, 2.05) is 0 Å². The molecule has 0 saturated carbocycles. The van der Waals surface area contributed by atoms with Crippen molar-refractivity contribution in [3.05, 3.63) is 34.9 Å². The van der Waals surface area contributed by atoms with Gasteiger partial charge in [-0.05, 0) is 25.0 Å². The van der Waals surface area contributed by atoms with Gasteiger partial charge in [0, 0.05) is 6.04 Å². The summed E-state index contributed by atoms with van der Waals surface area (Å²) < 4.78 is 50.8. The van der Waals surface area contributed by atoms with Crippen molar-refractivity contribution < 1.29 is 17.6 Å². The molecule has 0 radical (unpaired) electrons. The highest BCUT2D eigenvalue weighted by molar-refractivity contribution is 5.22. The van der Waals surface area contributed by atoms with Crippen LogP contribution in [-0.2, 0) is 6.42 Å². The molecule has 0 fully saturated rings. The molecule has 0 saturated heterocycles. The van der Waals surface area contributed by atoms with Crippen LogP contribution < -0.4 is 5.73 Å². The molecule has 0 amide bonds. The molecule has 1 unspecified atom stereocenters. The van der Waals surface area contributed by atoms with Crippen LogP contribution in [0, 0.1) is 23.3 Å². The average Bonchev–Trinajstić information content (AvgIpc) is 2.10. The molecule has 1 aromatic carbocycles. The van der Waals surface area contributed by atoms with Crippen molar-refractivity contribution in [2.24, 2.45) is 5.73 Å². The summed E-state index contributed by atoms with van der Waals surface area (Å²) in [4.78, 5) is 0. The molecule has 0 aliphatic rings. The maximum atomic E-state index is 13.0. The van der Waals surface area contributed by atoms with Gasteiger partial charge in [-0.15, -0.1) is 0 Å². The lowest BCUT2D eigenvalue weighted by Crippen LogP contribution is -2.19. The fraction of sp³-hybridized carbons (Fsp3) is 0.333. The van der Waals surface area contributed by atoms with E-state index in [0.29, 0.717) is 6.07 Å². The summed E-state index contributed by atoms with van der Waals surface area (Å²) >= 11 is 0. The molecule has 78 valence electrons. The normalized spacial score (nSPS) is 13.0. The van der Waals surface area contributed by atoms with Crippen LogP contribution in [0.1, 0.15) is 12.5 Å². The van der Waals surface area contributed by atoms with Gasteiger partial charge in [0.1, 0.15) is 0 Å². The summed E-state index contributed by atoms with van der Waals surface area (Å²) in [5.74, 6) is -6.36. The van der Waals surface area contributed by atoms with E-state index in [1.54, 1.807) is 6.92 Å². The number of hydrogen-bond acceptors (Lipinski definition) is 1. The predicted octanol–water partition coefficient (Wildman–Crippen LogP) is 2.13. The van der Waals surface area contributed by atoms with E-state index in [0.717, 1.165) is 0 Å². The van der Waals surface area contributed by atoms with Crippen molar-refractivity contribution in [3.63, 3.8) is 0 Å². The minimum atomic E-state index is -1.80. The zero-order chi connectivity index (χ0) is 10.9. The quantitative estimate of drug-likeness (QED) is 0.448. The summed E-state index contributed by atoms with van der Waals surface area (Å²) in [7, 11) is 0. The lowest BCUT2D eigenvalue weighted by molar-refractivity contribution is 0.402. The highest BCUT2D eigenvalue weighted by atomic mass is 19.2. The van der Waals surface area contributed by atoms with E-state index >= 15 is 0 Å². The molecule has 0 aromatic heterocycles. The summed E-state index contributed by atoms with van der Waals surface area (Å²) in [6, 6.07) is 0.172. The number of halogens is 4. The highest BCUT2D eigenvalue weighted by Crippen LogP contribution is 2.19. The second-order valence-electron chi connectivity index (χ2n) is 3.14. The van der Waals surface area contributed by atoms with Gasteiger partial charge in [0.15, 0.2) is 23.3 Å². The first-order valence-electron chi connectivity index (χ1n) is 4.01. The molecule has 1 aromatic rings. The lowest BCUT2D eigenvalue weighted by atomic mass is 10.1. The zero-order valence-electron chi connectivity index (χ0n) is 7.45. The Morgan fingerprint density at radius 1 is 1.14 bits per heavy atom. The van der Waals surface area contributed by atoms with E-state index < -0.39 is 29.3 Å². The van der Waals surface area contributed by atoms with Crippen LogP contribution in [0.2, 0.25) is 0 Å². The molecule has 5 heteroatoms. The Labute approximate surface area is 78.5 Å². The highest BCUT2D eigenvalue weighted by Gasteiger charge is 2.18. The smallest absolute Gasteiger partial charge is 0.197 e. The van der Waals surface area contributed by atoms with Gasteiger partial charge in [-0.2, -0.15) is 0 Å². The minimum Gasteiger partial charge on any atom is -0.328 e. The molecule has 1 rings (SSSR count). The van der Waals surface area contributed by atoms with Crippen LogP contribution in [0.4, 0.5) is 17.6 Å². The van der Waals surface area contributed by atoms with Crippen LogP contribution in [0.5, 0.6) is 0 Å². The number of hydrogen-bond donors (Lipinski definition) is 1. The zero-order valence-corrected chi connectivity index (χ0v) is 7.45. The molecule has 0 aliphatic heterocycles. The molecule has 1 atom stereocenters. The SMILES string of the molecule is CC(N)Cc1cc(F)c(F)c(F)c1F. The maximum absolute atomic E-state index is 13.0. The molecular formula is C9H9F4N. The van der Waals surface area contributed by atoms with Gasteiger partial charge in [-0.25, -0.2) is 17.6 Å². The van der Waals surface area contributed by atoms with Gasteiger partial charge >= 0.3 is 0 Å². The molecule has 2 N–H and O–H groups in total. The van der Waals surface area contributed by atoms with E-state index in [-0.39, 0.29) is 12.0 Å². The summed E-state index contributed by atoms with van der Waals surface area (Å²) in [6.45, 7) is 1.55. The maximum Gasteiger partial charge on any atom is 0.197 e. The van der Waals surface area contributed by atoms with Crippen LogP contribution >= 0.6 is 0 Å². The second kappa shape index (κ2) is 3.96. The summed E-state index contributed by atoms with van der Waals surface area (Å²) in [5.41, 5.74) is 5.07. The standard InChI is InChI=1S/C9H9F4N/c1-4(14)2-5-3-6(10)8(12)9(13)7(5)11/h3-4H,2,14H2,1H3. The van der Waals surface area contributed by atoms with E-state index in [1.165, 1.54) is 0 Å². The van der Waals surface area contributed by atoms with Crippen molar-refractivity contribution in [1.82, 2.24) is 0 Å². The van der Waals surface area contributed by atoms with Crippen LogP contribution in [0.3, 0.4) is 0 Å². The molecular weight excluding hydrogens is 198 g/mol. The Kier molecular flexibility index (Phi) is 3.10. The first-order valence-corrected chi connectivity index (χ1v) is 4.01. The van der Waals surface area contributed by atoms with Gasteiger partial charge in [-0.1, -0.05) is 0 Å². The number of rotatable bonds is 2. The van der Waals surface area contributed by atoms with Gasteiger partial charge < -0.3 is 5.73 Å². The molecule has 1 nitrogen and oxygen atoms in total. The summed E-state index contributed by atoms with van der Waals surface area (Å²) in [5, 5.41) is 0. The van der Waals surface area contributed by atoms with E-state index in [4.69, 9.17) is 5.73 Å². The summed E-state index contributed by atoms with van der Waals surface area (Å²) in [6.07, 6.45) is -0.0417. The Morgan fingerprint density at radius 2 is 1.71 bits per heavy atom. The van der Waals surface area contributed by atoms with Gasteiger partial charge in [-0.3, -0.25) is 0 Å². The molecule has 0 spiro atoms. The monoisotopic (exact) mass is 207 g/mol. The fourth-order valence-corrected chi connectivity index (χ4v) is 1.12. The third-order valence-electron chi connectivity index (χ3n) is 1.72.